The van der Waals surface area contributed by atoms with E-state index in [9.17, 15) is 33.1 Å². The highest BCUT2D eigenvalue weighted by Gasteiger charge is 2.64. The fourth-order valence-corrected chi connectivity index (χ4v) is 4.63. The smallest absolute Gasteiger partial charge is 0.309 e. The third-order valence-corrected chi connectivity index (χ3v) is 6.77. The number of halogens is 2. The molecule has 2 aliphatic rings. The van der Waals surface area contributed by atoms with Crippen molar-refractivity contribution in [3.8, 4) is 5.75 Å². The predicted molar refractivity (Wildman–Crippen MR) is 124 cm³/mol. The van der Waals surface area contributed by atoms with E-state index in [4.69, 9.17) is 4.74 Å². The number of carboxylic acids is 1. The predicted octanol–water partition coefficient (Wildman–Crippen LogP) is 2.51. The van der Waals surface area contributed by atoms with Gasteiger partial charge in [0.2, 0.25) is 5.43 Å². The van der Waals surface area contributed by atoms with E-state index in [1.165, 1.54) is 21.7 Å². The van der Waals surface area contributed by atoms with Crippen molar-refractivity contribution in [1.29, 1.82) is 0 Å². The van der Waals surface area contributed by atoms with Crippen LogP contribution in [0.2, 0.25) is 0 Å². The maximum atomic E-state index is 14.0. The van der Waals surface area contributed by atoms with Gasteiger partial charge < -0.3 is 24.6 Å². The molecule has 1 aliphatic carbocycles. The fraction of sp³-hybridized carbons (Fsp3) is 0.440. The Bertz CT molecular complexity index is 1290. The number of nitrogens with zero attached hydrogens (tertiary/aromatic N) is 2. The zero-order valence-electron chi connectivity index (χ0n) is 20.0. The van der Waals surface area contributed by atoms with Gasteiger partial charge in [-0.3, -0.25) is 19.2 Å². The topological polar surface area (TPSA) is 118 Å². The molecule has 1 aliphatic heterocycles. The molecule has 2 heterocycles. The molecule has 2 amide bonds. The number of carbonyl (C=O) groups excluding carboxylic acids is 2. The Hall–Kier alpha value is -3.76. The first-order valence-corrected chi connectivity index (χ1v) is 11.8. The number of carboxylic acid groups (broad SMARTS) is 1. The van der Waals surface area contributed by atoms with Crippen LogP contribution in [0.4, 0.5) is 8.78 Å². The maximum Gasteiger partial charge on any atom is 0.309 e. The van der Waals surface area contributed by atoms with Gasteiger partial charge in [0, 0.05) is 37.5 Å². The van der Waals surface area contributed by atoms with E-state index in [1.54, 1.807) is 6.92 Å². The normalized spacial score (nSPS) is 20.3. The minimum Gasteiger partial charge on any atom is -0.487 e. The highest BCUT2D eigenvalue weighted by Crippen LogP contribution is 2.54. The minimum absolute atomic E-state index is 0.0144. The number of amides is 2. The van der Waals surface area contributed by atoms with Crippen molar-refractivity contribution in [3.63, 3.8) is 0 Å². The summed E-state index contributed by atoms with van der Waals surface area (Å²) in [7, 11) is 0. The lowest BCUT2D eigenvalue weighted by Gasteiger charge is -2.37. The van der Waals surface area contributed by atoms with Gasteiger partial charge in [-0.1, -0.05) is 19.4 Å². The molecule has 2 atom stereocenters. The summed E-state index contributed by atoms with van der Waals surface area (Å²) in [6, 6.07) is 2.91. The number of likely N-dealkylation sites (N-methyl/N-ethyl adjacent to an activating group) is 1. The van der Waals surface area contributed by atoms with E-state index in [2.05, 4.69) is 5.32 Å². The number of aliphatic carboxylic acids is 1. The van der Waals surface area contributed by atoms with Crippen molar-refractivity contribution in [2.75, 3.05) is 19.7 Å². The molecule has 1 aromatic carbocycles. The number of aromatic nitrogens is 1. The SMILES string of the molecule is CCCCOc1c2n(cc(C(=O)NCc3ccc(F)cc3F)c1=O)[C@]1(C[C@@H]1C(=O)O)CN(CC)C2=O. The third-order valence-electron chi connectivity index (χ3n) is 6.77. The Kier molecular flexibility index (Phi) is 6.83. The number of unbranched alkanes of at least 4 members (excludes halogenated alkanes) is 1. The van der Waals surface area contributed by atoms with Crippen LogP contribution in [0.5, 0.6) is 5.75 Å². The first kappa shape index (κ1) is 25.3. The van der Waals surface area contributed by atoms with E-state index in [0.717, 1.165) is 12.5 Å². The summed E-state index contributed by atoms with van der Waals surface area (Å²) in [6.45, 7) is 3.91. The van der Waals surface area contributed by atoms with Gasteiger partial charge in [0.25, 0.3) is 11.8 Å². The molecule has 2 aromatic rings. The van der Waals surface area contributed by atoms with Gasteiger partial charge in [0.1, 0.15) is 17.2 Å². The number of rotatable bonds is 9. The molecule has 9 nitrogen and oxygen atoms in total. The van der Waals surface area contributed by atoms with Crippen molar-refractivity contribution in [2.24, 2.45) is 5.92 Å². The van der Waals surface area contributed by atoms with Crippen molar-refractivity contribution in [3.05, 3.63) is 63.1 Å². The molecule has 0 unspecified atom stereocenters. The van der Waals surface area contributed by atoms with E-state index in [-0.39, 0.29) is 48.7 Å². The van der Waals surface area contributed by atoms with Crippen LogP contribution < -0.4 is 15.5 Å². The second kappa shape index (κ2) is 9.71. The summed E-state index contributed by atoms with van der Waals surface area (Å²) in [5.74, 6) is -5.12. The van der Waals surface area contributed by atoms with Crippen molar-refractivity contribution >= 4 is 17.8 Å². The Labute approximate surface area is 205 Å². The van der Waals surface area contributed by atoms with E-state index < -0.39 is 46.3 Å². The Morgan fingerprint density at radius 2 is 2.00 bits per heavy atom. The monoisotopic (exact) mass is 503 g/mol. The molecule has 0 bridgehead atoms. The Morgan fingerprint density at radius 1 is 1.25 bits per heavy atom. The summed E-state index contributed by atoms with van der Waals surface area (Å²) in [6.07, 6.45) is 2.77. The average Bonchev–Trinajstić information content (AvgIpc) is 3.56. The molecule has 4 rings (SSSR count). The molecule has 1 aromatic heterocycles. The molecule has 0 radical (unpaired) electrons. The lowest BCUT2D eigenvalue weighted by atomic mass is 10.0. The van der Waals surface area contributed by atoms with Gasteiger partial charge in [-0.15, -0.1) is 0 Å². The van der Waals surface area contributed by atoms with Crippen LogP contribution in [0.1, 0.15) is 59.5 Å². The number of hydrogen-bond acceptors (Lipinski definition) is 5. The number of fused-ring (bicyclic) bond motifs is 2. The first-order chi connectivity index (χ1) is 17.1. The summed E-state index contributed by atoms with van der Waals surface area (Å²) in [5.41, 5.74) is -2.25. The van der Waals surface area contributed by atoms with Gasteiger partial charge >= 0.3 is 5.97 Å². The van der Waals surface area contributed by atoms with Crippen LogP contribution in [-0.4, -0.2) is 52.1 Å². The molecule has 11 heteroatoms. The van der Waals surface area contributed by atoms with Crippen LogP contribution in [0.3, 0.4) is 0 Å². The van der Waals surface area contributed by atoms with E-state index in [0.29, 0.717) is 19.0 Å². The number of nitrogens with one attached hydrogen (secondary N) is 1. The minimum atomic E-state index is -1.05. The summed E-state index contributed by atoms with van der Waals surface area (Å²) >= 11 is 0. The number of carbonyl (C=O) groups is 3. The summed E-state index contributed by atoms with van der Waals surface area (Å²) in [5, 5.41) is 12.2. The van der Waals surface area contributed by atoms with Crippen molar-refractivity contribution in [2.45, 2.75) is 45.2 Å². The molecule has 1 spiro atoms. The second-order valence-corrected chi connectivity index (χ2v) is 9.06. The number of benzene rings is 1. The number of hydrogen-bond donors (Lipinski definition) is 2. The molecule has 192 valence electrons. The maximum absolute atomic E-state index is 14.0. The Balaban J connectivity index is 1.78. The van der Waals surface area contributed by atoms with Gasteiger partial charge in [-0.05, 0) is 25.8 Å². The first-order valence-electron chi connectivity index (χ1n) is 11.8. The highest BCUT2D eigenvalue weighted by molar-refractivity contribution is 6.00. The van der Waals surface area contributed by atoms with Crippen LogP contribution in [0, 0.1) is 17.6 Å². The summed E-state index contributed by atoms with van der Waals surface area (Å²) < 4.78 is 34.3. The zero-order valence-corrected chi connectivity index (χ0v) is 20.0. The molecule has 1 fully saturated rings. The lowest BCUT2D eigenvalue weighted by Crippen LogP contribution is -2.50. The molecular weight excluding hydrogens is 476 g/mol. The molecule has 1 saturated carbocycles. The van der Waals surface area contributed by atoms with Crippen LogP contribution in [-0.2, 0) is 16.9 Å². The van der Waals surface area contributed by atoms with Crippen LogP contribution in [0.15, 0.2) is 29.2 Å². The fourth-order valence-electron chi connectivity index (χ4n) is 4.63. The number of ether oxygens (including phenoxy) is 1. The molecule has 2 N–H and O–H groups in total. The number of pyridine rings is 1. The van der Waals surface area contributed by atoms with Gasteiger partial charge in [0.15, 0.2) is 11.4 Å². The van der Waals surface area contributed by atoms with Gasteiger partial charge in [-0.2, -0.15) is 0 Å². The quantitative estimate of drug-likeness (QED) is 0.508. The van der Waals surface area contributed by atoms with Crippen molar-refractivity contribution < 1.29 is 33.0 Å². The summed E-state index contributed by atoms with van der Waals surface area (Å²) in [4.78, 5) is 53.0. The average molecular weight is 504 g/mol. The molecular formula is C25H27F2N3O6. The van der Waals surface area contributed by atoms with Crippen LogP contribution >= 0.6 is 0 Å². The molecule has 0 saturated heterocycles. The largest absolute Gasteiger partial charge is 0.487 e. The second-order valence-electron chi connectivity index (χ2n) is 9.06. The van der Waals surface area contributed by atoms with Crippen molar-refractivity contribution in [1.82, 2.24) is 14.8 Å². The van der Waals surface area contributed by atoms with Gasteiger partial charge in [-0.25, -0.2) is 8.78 Å². The van der Waals surface area contributed by atoms with E-state index >= 15 is 0 Å². The van der Waals surface area contributed by atoms with Crippen LogP contribution in [0.25, 0.3) is 0 Å². The molecule has 36 heavy (non-hydrogen) atoms. The Morgan fingerprint density at radius 3 is 2.61 bits per heavy atom. The standard InChI is InChI=1S/C25H27F2N3O6/c1-3-5-8-36-21-19-23(33)29(4-2)13-25(10-17(25)24(34)35)30(19)12-16(20(21)31)22(32)28-11-14-6-7-15(26)9-18(14)27/h6-7,9,12,17H,3-5,8,10-11,13H2,1-2H3,(H,28,32)(H,34,35)/t17-,25-/m1/s1. The third kappa shape index (κ3) is 4.33. The lowest BCUT2D eigenvalue weighted by molar-refractivity contribution is -0.139. The van der Waals surface area contributed by atoms with Gasteiger partial charge in [0.05, 0.1) is 18.1 Å². The highest BCUT2D eigenvalue weighted by atomic mass is 19.1. The zero-order chi connectivity index (χ0) is 26.2. The van der Waals surface area contributed by atoms with E-state index in [1.807, 2.05) is 6.92 Å².